The van der Waals surface area contributed by atoms with E-state index in [1.165, 1.54) is 12.1 Å². The third-order valence-corrected chi connectivity index (χ3v) is 9.44. The monoisotopic (exact) mass is 546 g/mol. The highest BCUT2D eigenvalue weighted by molar-refractivity contribution is 6.53. The van der Waals surface area contributed by atoms with Crippen LogP contribution in [0.5, 0.6) is 0 Å². The number of Topliss-reactive ketones (excluding diaryl/α,β-unsaturated/α-hetero) is 6. The lowest BCUT2D eigenvalue weighted by Gasteiger charge is -2.15. The number of ketones is 6. The van der Waals surface area contributed by atoms with E-state index in [0.717, 1.165) is 33.4 Å². The standard InChI is InChI=1S/C36H18O6/c37-31-25-11-15-1-2-16-12-26-20-5-18(16)3-17(15)4-19(25)6-21-8-23-10-24-9-22(7-20)28(34(40)32(26)38)14-30(24)36(42)35(41)29(23)13-27(21)33(31)39/h1-2,4-5,8-9,11-14H,3,6-7,10H2. The van der Waals surface area contributed by atoms with Crippen LogP contribution in [0, 0.1) is 0 Å². The van der Waals surface area contributed by atoms with Crippen molar-refractivity contribution in [2.45, 2.75) is 25.7 Å². The number of carbonyl (C=O) groups is 6. The molecule has 9 rings (SSSR count). The fourth-order valence-corrected chi connectivity index (χ4v) is 7.31. The highest BCUT2D eigenvalue weighted by Crippen LogP contribution is 2.38. The third-order valence-electron chi connectivity index (χ3n) is 9.44. The quantitative estimate of drug-likeness (QED) is 0.249. The maximum Gasteiger partial charge on any atom is 0.233 e. The van der Waals surface area contributed by atoms with Crippen molar-refractivity contribution in [3.05, 3.63) is 138 Å². The molecule has 0 heterocycles. The molecule has 0 amide bonds. The summed E-state index contributed by atoms with van der Waals surface area (Å²) in [6.07, 6.45) is 5.18. The molecular weight excluding hydrogens is 528 g/mol. The first-order valence-corrected chi connectivity index (χ1v) is 13.8. The highest BCUT2D eigenvalue weighted by Gasteiger charge is 2.36. The van der Waals surface area contributed by atoms with Gasteiger partial charge in [0.15, 0.2) is 0 Å². The van der Waals surface area contributed by atoms with E-state index in [-0.39, 0.29) is 28.7 Å². The maximum absolute atomic E-state index is 13.6. The first-order valence-electron chi connectivity index (χ1n) is 13.8. The smallest absolute Gasteiger partial charge is 0.233 e. The normalized spacial score (nSPS) is 16.9. The summed E-state index contributed by atoms with van der Waals surface area (Å²) in [6.45, 7) is 0. The Balaban J connectivity index is 1.42. The summed E-state index contributed by atoms with van der Waals surface area (Å²) in [7, 11) is 0. The van der Waals surface area contributed by atoms with Crippen molar-refractivity contribution in [2.24, 2.45) is 0 Å². The van der Waals surface area contributed by atoms with Crippen molar-refractivity contribution >= 4 is 46.9 Å². The predicted molar refractivity (Wildman–Crippen MR) is 152 cm³/mol. The molecule has 6 nitrogen and oxygen atoms in total. The summed E-state index contributed by atoms with van der Waals surface area (Å²) in [4.78, 5) is 81.4. The van der Waals surface area contributed by atoms with Gasteiger partial charge < -0.3 is 0 Å². The molecule has 5 aliphatic carbocycles. The summed E-state index contributed by atoms with van der Waals surface area (Å²) >= 11 is 0. The lowest BCUT2D eigenvalue weighted by molar-refractivity contribution is 0.0811. The molecular formula is C36H18O6. The van der Waals surface area contributed by atoms with E-state index in [0.29, 0.717) is 52.6 Å². The predicted octanol–water partition coefficient (Wildman–Crippen LogP) is 4.98. The van der Waals surface area contributed by atoms with Gasteiger partial charge in [0.1, 0.15) is 0 Å². The molecule has 4 aromatic carbocycles. The van der Waals surface area contributed by atoms with E-state index in [9.17, 15) is 28.8 Å². The minimum Gasteiger partial charge on any atom is -0.285 e. The number of benzene rings is 4. The molecule has 42 heavy (non-hydrogen) atoms. The van der Waals surface area contributed by atoms with Gasteiger partial charge in [-0.05, 0) is 106 Å². The zero-order valence-electron chi connectivity index (χ0n) is 22.1. The van der Waals surface area contributed by atoms with Gasteiger partial charge in [0.2, 0.25) is 34.7 Å². The Morgan fingerprint density at radius 1 is 0.286 bits per heavy atom. The molecule has 0 saturated heterocycles. The topological polar surface area (TPSA) is 102 Å². The largest absolute Gasteiger partial charge is 0.285 e. The molecule has 0 saturated carbocycles. The SMILES string of the molecule is O=C1C(=O)c2cc3c4cc2Cc2cc5c(cc21)C=Cc1cc2c(cc1C5)Cc1cc(c(cc1C(=O)C2=O)C(=O)C3=O)C4. The van der Waals surface area contributed by atoms with Gasteiger partial charge in [-0.25, -0.2) is 0 Å². The molecule has 5 aliphatic rings. The summed E-state index contributed by atoms with van der Waals surface area (Å²) in [5.41, 5.74) is 8.55. The van der Waals surface area contributed by atoms with Crippen LogP contribution >= 0.6 is 0 Å². The van der Waals surface area contributed by atoms with Crippen molar-refractivity contribution in [2.75, 3.05) is 0 Å². The number of carbonyl (C=O) groups excluding carboxylic acids is 6. The number of hydrogen-bond donors (Lipinski definition) is 0. The van der Waals surface area contributed by atoms with Crippen molar-refractivity contribution in [1.29, 1.82) is 0 Å². The average molecular weight is 547 g/mol. The summed E-state index contributed by atoms with van der Waals surface area (Å²) in [5, 5.41) is 0. The van der Waals surface area contributed by atoms with E-state index in [4.69, 9.17) is 0 Å². The third kappa shape index (κ3) is 2.93. The minimum absolute atomic E-state index is 0.0852. The van der Waals surface area contributed by atoms with Gasteiger partial charge in [0.05, 0.1) is 0 Å². The van der Waals surface area contributed by atoms with E-state index in [1.54, 1.807) is 24.3 Å². The van der Waals surface area contributed by atoms with Gasteiger partial charge in [0.25, 0.3) is 0 Å². The molecule has 8 bridgehead atoms. The fraction of sp³-hybridized carbons (Fsp3) is 0.111. The van der Waals surface area contributed by atoms with Crippen LogP contribution in [0.15, 0.2) is 48.5 Å². The molecule has 0 spiro atoms. The summed E-state index contributed by atoms with van der Waals surface area (Å²) < 4.78 is 0. The van der Waals surface area contributed by atoms with Gasteiger partial charge in [-0.3, -0.25) is 28.8 Å². The number of hydrogen-bond acceptors (Lipinski definition) is 6. The second-order valence-electron chi connectivity index (χ2n) is 11.8. The Morgan fingerprint density at radius 3 is 0.833 bits per heavy atom. The van der Waals surface area contributed by atoms with Crippen LogP contribution in [0.4, 0.5) is 0 Å². The minimum atomic E-state index is -0.805. The van der Waals surface area contributed by atoms with Crippen molar-refractivity contribution < 1.29 is 28.8 Å². The lowest BCUT2D eigenvalue weighted by Crippen LogP contribution is -2.19. The Morgan fingerprint density at radius 2 is 0.524 bits per heavy atom. The fourth-order valence-electron chi connectivity index (χ4n) is 7.31. The molecule has 6 heteroatoms. The highest BCUT2D eigenvalue weighted by atomic mass is 16.2. The summed E-state index contributed by atoms with van der Waals surface area (Å²) in [6, 6.07) is 13.8. The second kappa shape index (κ2) is 7.68. The molecule has 0 fully saturated rings. The van der Waals surface area contributed by atoms with Crippen LogP contribution in [-0.2, 0) is 25.7 Å². The molecule has 0 N–H and O–H groups in total. The van der Waals surface area contributed by atoms with E-state index < -0.39 is 34.7 Å². The molecule has 0 aromatic heterocycles. The molecule has 0 unspecified atom stereocenters. The Labute approximate surface area is 238 Å². The van der Waals surface area contributed by atoms with Crippen LogP contribution in [0.1, 0.15) is 118 Å². The average Bonchev–Trinajstić information content (AvgIpc) is 3.29. The van der Waals surface area contributed by atoms with Gasteiger partial charge in [-0.2, -0.15) is 0 Å². The zero-order valence-corrected chi connectivity index (χ0v) is 22.1. The molecule has 4 aromatic rings. The van der Waals surface area contributed by atoms with Crippen molar-refractivity contribution in [1.82, 2.24) is 0 Å². The molecule has 198 valence electrons. The molecule has 0 atom stereocenters. The zero-order chi connectivity index (χ0) is 28.6. The Kier molecular flexibility index (Phi) is 4.27. The van der Waals surface area contributed by atoms with Gasteiger partial charge in [0, 0.05) is 33.4 Å². The van der Waals surface area contributed by atoms with Crippen LogP contribution < -0.4 is 0 Å². The van der Waals surface area contributed by atoms with E-state index in [1.807, 2.05) is 24.3 Å². The first kappa shape index (κ1) is 23.4. The number of rotatable bonds is 0. The van der Waals surface area contributed by atoms with Gasteiger partial charge in [-0.15, -0.1) is 0 Å². The van der Waals surface area contributed by atoms with Crippen LogP contribution in [-0.4, -0.2) is 34.7 Å². The molecule has 0 aliphatic heterocycles. The maximum atomic E-state index is 13.6. The first-order chi connectivity index (χ1) is 20.2. The van der Waals surface area contributed by atoms with Crippen LogP contribution in [0.25, 0.3) is 12.2 Å². The van der Waals surface area contributed by atoms with Crippen LogP contribution in [0.2, 0.25) is 0 Å². The summed E-state index contributed by atoms with van der Waals surface area (Å²) in [5.74, 6) is -4.31. The second-order valence-corrected chi connectivity index (χ2v) is 11.8. The Bertz CT molecular complexity index is 2040. The van der Waals surface area contributed by atoms with Gasteiger partial charge in [-0.1, -0.05) is 36.4 Å². The Hall–Kier alpha value is -5.36. The lowest BCUT2D eigenvalue weighted by atomic mass is 9.88. The van der Waals surface area contributed by atoms with Crippen molar-refractivity contribution in [3.63, 3.8) is 0 Å². The van der Waals surface area contributed by atoms with E-state index >= 15 is 0 Å². The molecule has 0 radical (unpaired) electrons. The van der Waals surface area contributed by atoms with Crippen molar-refractivity contribution in [3.8, 4) is 0 Å². The van der Waals surface area contributed by atoms with Gasteiger partial charge >= 0.3 is 0 Å². The van der Waals surface area contributed by atoms with Crippen LogP contribution in [0.3, 0.4) is 0 Å². The van der Waals surface area contributed by atoms with E-state index in [2.05, 4.69) is 0 Å².